The van der Waals surface area contributed by atoms with E-state index >= 15 is 0 Å². The third-order valence-corrected chi connectivity index (χ3v) is 4.71. The maximum atomic E-state index is 2.41. The minimum absolute atomic E-state index is 1.02. The van der Waals surface area contributed by atoms with Crippen LogP contribution in [0.25, 0.3) is 0 Å². The second-order valence-corrected chi connectivity index (χ2v) is 5.74. The molecule has 1 rings (SSSR count). The van der Waals surface area contributed by atoms with Crippen molar-refractivity contribution >= 4 is 8.58 Å². The van der Waals surface area contributed by atoms with Crippen LogP contribution in [0, 0.1) is 11.8 Å². The van der Waals surface area contributed by atoms with E-state index in [9.17, 15) is 0 Å². The van der Waals surface area contributed by atoms with Gasteiger partial charge in [-0.1, -0.05) is 33.1 Å². The van der Waals surface area contributed by atoms with E-state index in [1.54, 1.807) is 6.16 Å². The summed E-state index contributed by atoms with van der Waals surface area (Å²) in [5.74, 6) is 2.13. The Bertz CT molecular complexity index is 104. The van der Waals surface area contributed by atoms with E-state index in [2.05, 4.69) is 13.8 Å². The van der Waals surface area contributed by atoms with Gasteiger partial charge in [0.1, 0.15) is 0 Å². The predicted octanol–water partition coefficient (Wildman–Crippen LogP) is 3.90. The molecule has 0 saturated heterocycles. The summed E-state index contributed by atoms with van der Waals surface area (Å²) in [6.45, 7) is 4.71. The van der Waals surface area contributed by atoms with E-state index in [0.717, 1.165) is 11.8 Å². The summed E-state index contributed by atoms with van der Waals surface area (Å²) in [4.78, 5) is 0. The smallest absolute Gasteiger partial charge is 0.0325 e. The molecule has 1 atom stereocenters. The van der Waals surface area contributed by atoms with Crippen LogP contribution in [0.15, 0.2) is 0 Å². The van der Waals surface area contributed by atoms with Crippen molar-refractivity contribution in [1.82, 2.24) is 0 Å². The molecule has 0 N–H and O–H groups in total. The third-order valence-electron chi connectivity index (χ3n) is 3.00. The molecule has 1 saturated carbocycles. The van der Waals surface area contributed by atoms with E-state index < -0.39 is 0 Å². The lowest BCUT2D eigenvalue weighted by Gasteiger charge is -2.25. The van der Waals surface area contributed by atoms with Gasteiger partial charge in [0.05, 0.1) is 0 Å². The highest BCUT2D eigenvalue weighted by Gasteiger charge is 2.17. The molecule has 0 heterocycles. The molecule has 1 aliphatic rings. The van der Waals surface area contributed by atoms with E-state index in [0.29, 0.717) is 0 Å². The maximum Gasteiger partial charge on any atom is -0.0325 e. The molecule has 0 aromatic carbocycles. The molecule has 0 aliphatic heterocycles. The molecule has 1 heteroatoms. The van der Waals surface area contributed by atoms with E-state index in [-0.39, 0.29) is 0 Å². The minimum atomic E-state index is 1.02. The molecule has 0 aromatic heterocycles. The Morgan fingerprint density at radius 3 is 2.42 bits per heavy atom. The van der Waals surface area contributed by atoms with Crippen molar-refractivity contribution in [3.63, 3.8) is 0 Å². The lowest BCUT2D eigenvalue weighted by atomic mass is 9.84. The largest absolute Gasteiger partial charge is 0.122 e. The summed E-state index contributed by atoms with van der Waals surface area (Å²) in [6, 6.07) is 0. The molecule has 0 aromatic rings. The molecule has 1 fully saturated rings. The number of hydrogen-bond donors (Lipinski definition) is 0. The van der Waals surface area contributed by atoms with Crippen LogP contribution < -0.4 is 0 Å². The highest BCUT2D eigenvalue weighted by molar-refractivity contribution is 7.37. The van der Waals surface area contributed by atoms with Crippen LogP contribution in [0.2, 0.25) is 0 Å². The Kier molecular flexibility index (Phi) is 5.23. The molecule has 0 radical (unpaired) electrons. The average Bonchev–Trinajstić information content (AvgIpc) is 2.09. The number of hydrogen-bond acceptors (Lipinski definition) is 0. The summed E-state index contributed by atoms with van der Waals surface area (Å²) in [7, 11) is 1.26. The summed E-state index contributed by atoms with van der Waals surface area (Å²) in [5, 5.41) is 0. The molecular formula is C11H23P. The van der Waals surface area contributed by atoms with Gasteiger partial charge in [-0.2, -0.15) is 0 Å². The predicted molar refractivity (Wildman–Crippen MR) is 59.5 cm³/mol. The number of rotatable bonds is 4. The zero-order chi connectivity index (χ0) is 8.81. The van der Waals surface area contributed by atoms with Gasteiger partial charge in [-0.3, -0.25) is 0 Å². The van der Waals surface area contributed by atoms with Crippen LogP contribution in [-0.2, 0) is 0 Å². The maximum absolute atomic E-state index is 2.41. The summed E-state index contributed by atoms with van der Waals surface area (Å²) < 4.78 is 0. The van der Waals surface area contributed by atoms with Crippen LogP contribution >= 0.6 is 8.58 Å². The van der Waals surface area contributed by atoms with Gasteiger partial charge in [-0.25, -0.2) is 0 Å². The molecule has 0 bridgehead atoms. The highest BCUT2D eigenvalue weighted by atomic mass is 31.1. The van der Waals surface area contributed by atoms with E-state index in [1.165, 1.54) is 46.8 Å². The van der Waals surface area contributed by atoms with Gasteiger partial charge in [0, 0.05) is 0 Å². The van der Waals surface area contributed by atoms with Crippen LogP contribution in [0.3, 0.4) is 0 Å². The Labute approximate surface area is 79.3 Å². The minimum Gasteiger partial charge on any atom is -0.122 e. The fourth-order valence-corrected chi connectivity index (χ4v) is 3.39. The molecular weight excluding hydrogens is 163 g/mol. The van der Waals surface area contributed by atoms with Crippen LogP contribution in [-0.4, -0.2) is 12.3 Å². The van der Waals surface area contributed by atoms with Crippen LogP contribution in [0.1, 0.15) is 46.0 Å². The summed E-state index contributed by atoms with van der Waals surface area (Å²) >= 11 is 0. The first-order chi connectivity index (χ1) is 5.83. The van der Waals surface area contributed by atoms with Gasteiger partial charge < -0.3 is 0 Å². The second-order valence-electron chi connectivity index (χ2n) is 4.33. The van der Waals surface area contributed by atoms with Crippen LogP contribution in [0.4, 0.5) is 0 Å². The summed E-state index contributed by atoms with van der Waals surface area (Å²) in [5.41, 5.74) is 0. The molecule has 0 spiro atoms. The van der Waals surface area contributed by atoms with Gasteiger partial charge in [0.15, 0.2) is 0 Å². The Morgan fingerprint density at radius 2 is 1.83 bits per heavy atom. The van der Waals surface area contributed by atoms with E-state index in [4.69, 9.17) is 0 Å². The Morgan fingerprint density at radius 1 is 1.17 bits per heavy atom. The van der Waals surface area contributed by atoms with Crippen molar-refractivity contribution in [2.24, 2.45) is 11.8 Å². The van der Waals surface area contributed by atoms with Crippen molar-refractivity contribution in [3.05, 3.63) is 0 Å². The third kappa shape index (κ3) is 3.90. The lowest BCUT2D eigenvalue weighted by Crippen LogP contribution is -2.13. The molecule has 72 valence electrons. The molecule has 12 heavy (non-hydrogen) atoms. The van der Waals surface area contributed by atoms with Gasteiger partial charge in [-0.05, 0) is 37.0 Å². The van der Waals surface area contributed by atoms with Gasteiger partial charge in [-0.15, -0.1) is 8.58 Å². The fraction of sp³-hybridized carbons (Fsp3) is 1.00. The Balaban J connectivity index is 2.01. The molecule has 0 nitrogen and oxygen atoms in total. The Hall–Kier alpha value is 0.430. The first kappa shape index (κ1) is 10.5. The quantitative estimate of drug-likeness (QED) is 0.461. The highest BCUT2D eigenvalue weighted by Crippen LogP contribution is 2.32. The lowest BCUT2D eigenvalue weighted by molar-refractivity contribution is 0.311. The first-order valence-corrected chi connectivity index (χ1v) is 6.95. The van der Waals surface area contributed by atoms with Crippen molar-refractivity contribution in [3.8, 4) is 0 Å². The fourth-order valence-electron chi connectivity index (χ4n) is 2.02. The zero-order valence-corrected chi connectivity index (χ0v) is 9.60. The SMILES string of the molecule is CCCPCC1CCC(C)CC1. The topological polar surface area (TPSA) is 0 Å². The van der Waals surface area contributed by atoms with Gasteiger partial charge in [0.25, 0.3) is 0 Å². The first-order valence-electron chi connectivity index (χ1n) is 5.53. The molecule has 1 unspecified atom stereocenters. The zero-order valence-electron chi connectivity index (χ0n) is 8.60. The summed E-state index contributed by atoms with van der Waals surface area (Å²) in [6.07, 6.45) is 10.5. The molecule has 0 amide bonds. The van der Waals surface area contributed by atoms with Crippen molar-refractivity contribution in [2.45, 2.75) is 46.0 Å². The monoisotopic (exact) mass is 186 g/mol. The molecule has 1 aliphatic carbocycles. The standard InChI is InChI=1S/C11H23P/c1-3-8-12-9-11-6-4-10(2)5-7-11/h10-12H,3-9H2,1-2H3. The van der Waals surface area contributed by atoms with Crippen molar-refractivity contribution < 1.29 is 0 Å². The van der Waals surface area contributed by atoms with E-state index in [1.807, 2.05) is 0 Å². The normalized spacial score (nSPS) is 31.5. The van der Waals surface area contributed by atoms with Crippen LogP contribution in [0.5, 0.6) is 0 Å². The van der Waals surface area contributed by atoms with Crippen molar-refractivity contribution in [1.29, 1.82) is 0 Å². The second kappa shape index (κ2) is 5.97. The van der Waals surface area contributed by atoms with Gasteiger partial charge in [0.2, 0.25) is 0 Å². The average molecular weight is 186 g/mol. The van der Waals surface area contributed by atoms with Gasteiger partial charge >= 0.3 is 0 Å². The van der Waals surface area contributed by atoms with Crippen molar-refractivity contribution in [2.75, 3.05) is 12.3 Å².